The number of imidazole rings is 1. The Morgan fingerprint density at radius 3 is 2.87 bits per heavy atom. The molecule has 0 unspecified atom stereocenters. The molecule has 116 valence electrons. The zero-order valence-corrected chi connectivity index (χ0v) is 12.8. The van der Waals surface area contributed by atoms with Gasteiger partial charge in [-0.05, 0) is 36.8 Å². The number of nitrogens with one attached hydrogen (secondary N) is 1. The van der Waals surface area contributed by atoms with E-state index in [1.165, 1.54) is 0 Å². The number of para-hydroxylation sites is 2. The Morgan fingerprint density at radius 1 is 1.22 bits per heavy atom. The summed E-state index contributed by atoms with van der Waals surface area (Å²) in [6.07, 6.45) is 5.21. The molecule has 3 aromatic rings. The zero-order chi connectivity index (χ0) is 16.1. The van der Waals surface area contributed by atoms with E-state index in [1.54, 1.807) is 12.5 Å². The molecule has 2 aromatic carbocycles. The third-order valence-corrected chi connectivity index (χ3v) is 3.32. The van der Waals surface area contributed by atoms with E-state index in [0.29, 0.717) is 11.4 Å². The van der Waals surface area contributed by atoms with Crippen molar-refractivity contribution >= 4 is 11.6 Å². The molecule has 23 heavy (non-hydrogen) atoms. The van der Waals surface area contributed by atoms with Crippen molar-refractivity contribution in [2.24, 2.45) is 0 Å². The number of benzene rings is 2. The molecule has 1 amide bonds. The molecule has 0 radical (unpaired) electrons. The summed E-state index contributed by atoms with van der Waals surface area (Å²) in [5.74, 6) is 0.474. The van der Waals surface area contributed by atoms with Gasteiger partial charge in [-0.15, -0.1) is 0 Å². The lowest BCUT2D eigenvalue weighted by atomic mass is 10.2. The standard InChI is InChI=1S/C18H17N3O2/c1-14-5-4-6-15(11-14)23-12-18(22)20-16-7-2-3-8-17(16)21-10-9-19-13-21/h2-11,13H,12H2,1H3,(H,20,22). The third kappa shape index (κ3) is 3.77. The predicted molar refractivity (Wildman–Crippen MR) is 88.9 cm³/mol. The van der Waals surface area contributed by atoms with Crippen molar-refractivity contribution in [1.82, 2.24) is 9.55 Å². The van der Waals surface area contributed by atoms with E-state index in [-0.39, 0.29) is 12.5 Å². The van der Waals surface area contributed by atoms with Crippen LogP contribution in [-0.2, 0) is 4.79 Å². The highest BCUT2D eigenvalue weighted by Gasteiger charge is 2.08. The van der Waals surface area contributed by atoms with Gasteiger partial charge in [0.05, 0.1) is 17.7 Å². The van der Waals surface area contributed by atoms with Crippen LogP contribution in [0.25, 0.3) is 5.69 Å². The molecule has 0 saturated carbocycles. The minimum Gasteiger partial charge on any atom is -0.484 e. The smallest absolute Gasteiger partial charge is 0.262 e. The fourth-order valence-corrected chi connectivity index (χ4v) is 2.25. The summed E-state index contributed by atoms with van der Waals surface area (Å²) in [5, 5.41) is 2.87. The van der Waals surface area contributed by atoms with Gasteiger partial charge in [-0.2, -0.15) is 0 Å². The van der Waals surface area contributed by atoms with Gasteiger partial charge in [0.25, 0.3) is 5.91 Å². The second kappa shape index (κ2) is 6.79. The molecule has 1 N–H and O–H groups in total. The summed E-state index contributed by atoms with van der Waals surface area (Å²) >= 11 is 0. The van der Waals surface area contributed by atoms with E-state index in [9.17, 15) is 4.79 Å². The molecule has 0 fully saturated rings. The molecule has 0 atom stereocenters. The first kappa shape index (κ1) is 14.8. The number of aryl methyl sites for hydroxylation is 1. The topological polar surface area (TPSA) is 56.1 Å². The van der Waals surface area contributed by atoms with Gasteiger partial charge in [0.1, 0.15) is 5.75 Å². The van der Waals surface area contributed by atoms with Crippen LogP contribution in [0.5, 0.6) is 5.75 Å². The average Bonchev–Trinajstić information content (AvgIpc) is 3.08. The quantitative estimate of drug-likeness (QED) is 0.787. The Labute approximate surface area is 134 Å². The number of anilines is 1. The lowest BCUT2D eigenvalue weighted by Gasteiger charge is -2.12. The van der Waals surface area contributed by atoms with Crippen LogP contribution in [0.15, 0.2) is 67.3 Å². The molecule has 0 aliphatic heterocycles. The van der Waals surface area contributed by atoms with Crippen LogP contribution in [0.3, 0.4) is 0 Å². The van der Waals surface area contributed by atoms with Crippen molar-refractivity contribution in [2.75, 3.05) is 11.9 Å². The van der Waals surface area contributed by atoms with Crippen LogP contribution in [0.1, 0.15) is 5.56 Å². The van der Waals surface area contributed by atoms with E-state index < -0.39 is 0 Å². The Balaban J connectivity index is 1.67. The highest BCUT2D eigenvalue weighted by molar-refractivity contribution is 5.93. The Hall–Kier alpha value is -3.08. The van der Waals surface area contributed by atoms with Crippen LogP contribution >= 0.6 is 0 Å². The van der Waals surface area contributed by atoms with Gasteiger partial charge in [0.15, 0.2) is 6.61 Å². The molecule has 1 aromatic heterocycles. The Kier molecular flexibility index (Phi) is 4.38. The van der Waals surface area contributed by atoms with E-state index in [0.717, 1.165) is 11.3 Å². The summed E-state index contributed by atoms with van der Waals surface area (Å²) in [6.45, 7) is 1.94. The number of carbonyl (C=O) groups excluding carboxylic acids is 1. The minimum atomic E-state index is -0.209. The molecule has 5 nitrogen and oxygen atoms in total. The number of hydrogen-bond acceptors (Lipinski definition) is 3. The van der Waals surface area contributed by atoms with Crippen LogP contribution in [0, 0.1) is 6.92 Å². The Bertz CT molecular complexity index is 798. The molecular formula is C18H17N3O2. The number of amides is 1. The molecule has 1 heterocycles. The van der Waals surface area contributed by atoms with Crippen molar-refractivity contribution in [3.63, 3.8) is 0 Å². The largest absolute Gasteiger partial charge is 0.484 e. The van der Waals surface area contributed by atoms with Gasteiger partial charge >= 0.3 is 0 Å². The number of aromatic nitrogens is 2. The van der Waals surface area contributed by atoms with E-state index in [1.807, 2.05) is 66.2 Å². The number of nitrogens with zero attached hydrogens (tertiary/aromatic N) is 2. The summed E-state index contributed by atoms with van der Waals surface area (Å²) < 4.78 is 7.36. The van der Waals surface area contributed by atoms with Crippen molar-refractivity contribution in [3.05, 3.63) is 72.8 Å². The zero-order valence-electron chi connectivity index (χ0n) is 12.8. The SMILES string of the molecule is Cc1cccc(OCC(=O)Nc2ccccc2-n2ccnc2)c1. The third-order valence-electron chi connectivity index (χ3n) is 3.32. The van der Waals surface area contributed by atoms with Crippen LogP contribution < -0.4 is 10.1 Å². The first-order valence-electron chi connectivity index (χ1n) is 7.29. The highest BCUT2D eigenvalue weighted by Crippen LogP contribution is 2.19. The van der Waals surface area contributed by atoms with E-state index in [2.05, 4.69) is 10.3 Å². The first-order valence-corrected chi connectivity index (χ1v) is 7.29. The fraction of sp³-hybridized carbons (Fsp3) is 0.111. The van der Waals surface area contributed by atoms with E-state index >= 15 is 0 Å². The fourth-order valence-electron chi connectivity index (χ4n) is 2.25. The average molecular weight is 307 g/mol. The molecular weight excluding hydrogens is 290 g/mol. The summed E-state index contributed by atoms with van der Waals surface area (Å²) in [7, 11) is 0. The lowest BCUT2D eigenvalue weighted by molar-refractivity contribution is -0.118. The molecule has 3 rings (SSSR count). The van der Waals surface area contributed by atoms with Crippen LogP contribution in [0.2, 0.25) is 0 Å². The van der Waals surface area contributed by atoms with Crippen molar-refractivity contribution in [1.29, 1.82) is 0 Å². The van der Waals surface area contributed by atoms with Crippen molar-refractivity contribution in [2.45, 2.75) is 6.92 Å². The van der Waals surface area contributed by atoms with Gasteiger partial charge in [-0.1, -0.05) is 24.3 Å². The molecule has 0 bridgehead atoms. The number of rotatable bonds is 5. The highest BCUT2D eigenvalue weighted by atomic mass is 16.5. The molecule has 0 aliphatic carbocycles. The maximum Gasteiger partial charge on any atom is 0.262 e. The molecule has 0 aliphatic rings. The molecule has 5 heteroatoms. The van der Waals surface area contributed by atoms with E-state index in [4.69, 9.17) is 4.74 Å². The maximum absolute atomic E-state index is 12.1. The number of hydrogen-bond donors (Lipinski definition) is 1. The van der Waals surface area contributed by atoms with Gasteiger partial charge in [-0.25, -0.2) is 4.98 Å². The summed E-state index contributed by atoms with van der Waals surface area (Å²) in [6, 6.07) is 15.2. The number of carbonyl (C=O) groups is 1. The van der Waals surface area contributed by atoms with Crippen molar-refractivity contribution in [3.8, 4) is 11.4 Å². The van der Waals surface area contributed by atoms with Crippen LogP contribution in [-0.4, -0.2) is 22.1 Å². The van der Waals surface area contributed by atoms with Crippen LogP contribution in [0.4, 0.5) is 5.69 Å². The molecule has 0 saturated heterocycles. The number of ether oxygens (including phenoxy) is 1. The van der Waals surface area contributed by atoms with Crippen molar-refractivity contribution < 1.29 is 9.53 Å². The summed E-state index contributed by atoms with van der Waals surface area (Å²) in [5.41, 5.74) is 2.66. The van der Waals surface area contributed by atoms with Gasteiger partial charge < -0.3 is 14.6 Å². The normalized spacial score (nSPS) is 10.3. The van der Waals surface area contributed by atoms with Gasteiger partial charge in [0.2, 0.25) is 0 Å². The summed E-state index contributed by atoms with van der Waals surface area (Å²) in [4.78, 5) is 16.2. The van der Waals surface area contributed by atoms with Gasteiger partial charge in [-0.3, -0.25) is 4.79 Å². The monoisotopic (exact) mass is 307 g/mol. The lowest BCUT2D eigenvalue weighted by Crippen LogP contribution is -2.21. The second-order valence-corrected chi connectivity index (χ2v) is 5.14. The Morgan fingerprint density at radius 2 is 2.09 bits per heavy atom. The minimum absolute atomic E-state index is 0.0400. The second-order valence-electron chi connectivity index (χ2n) is 5.14. The maximum atomic E-state index is 12.1. The first-order chi connectivity index (χ1) is 11.2. The molecule has 0 spiro atoms. The predicted octanol–water partition coefficient (Wildman–Crippen LogP) is 3.20. The van der Waals surface area contributed by atoms with Gasteiger partial charge in [0, 0.05) is 12.4 Å².